The highest BCUT2D eigenvalue weighted by atomic mass is 15.0. The van der Waals surface area contributed by atoms with Crippen molar-refractivity contribution in [3.8, 4) is 11.4 Å². The third kappa shape index (κ3) is 3.20. The Kier molecular flexibility index (Phi) is 4.98. The first kappa shape index (κ1) is 24.1. The quantitative estimate of drug-likeness (QED) is 0.185. The smallest absolute Gasteiger partial charge is 0.0620 e. The first-order valence-corrected chi connectivity index (χ1v) is 15.8. The summed E-state index contributed by atoms with van der Waals surface area (Å²) in [7, 11) is 0. The average Bonchev–Trinajstić information content (AvgIpc) is 3.59. The zero-order chi connectivity index (χ0) is 28.8. The zero-order valence-electron chi connectivity index (χ0n) is 24.4. The number of aryl methyl sites for hydroxylation is 2. The number of fused-ring (bicyclic) bond motifs is 9. The number of rotatable bonds is 2. The highest BCUT2D eigenvalue weighted by Gasteiger charge is 2.24. The summed E-state index contributed by atoms with van der Waals surface area (Å²) in [5.41, 5.74) is 10.6. The van der Waals surface area contributed by atoms with Gasteiger partial charge in [-0.25, -0.2) is 0 Å². The summed E-state index contributed by atoms with van der Waals surface area (Å²) in [5.74, 6) is 0. The van der Waals surface area contributed by atoms with Crippen LogP contribution < -0.4 is 0 Å². The van der Waals surface area contributed by atoms with E-state index in [-0.39, 0.29) is 0 Å². The lowest BCUT2D eigenvalue weighted by atomic mass is 9.87. The van der Waals surface area contributed by atoms with Crippen molar-refractivity contribution in [1.29, 1.82) is 0 Å². The van der Waals surface area contributed by atoms with E-state index in [2.05, 4.69) is 143 Å². The van der Waals surface area contributed by atoms with Crippen molar-refractivity contribution < 1.29 is 0 Å². The highest BCUT2D eigenvalue weighted by Crippen LogP contribution is 2.45. The molecular weight excluding hydrogens is 532 g/mol. The van der Waals surface area contributed by atoms with E-state index in [1.165, 1.54) is 100 Å². The van der Waals surface area contributed by atoms with Gasteiger partial charge in [-0.3, -0.25) is 0 Å². The molecule has 208 valence electrons. The summed E-state index contributed by atoms with van der Waals surface area (Å²) in [6.07, 6.45) is 4.82. The minimum absolute atomic E-state index is 1.15. The van der Waals surface area contributed by atoms with E-state index in [9.17, 15) is 0 Å². The minimum atomic E-state index is 1.15. The van der Waals surface area contributed by atoms with Crippen molar-refractivity contribution in [2.45, 2.75) is 25.7 Å². The van der Waals surface area contributed by atoms with Crippen molar-refractivity contribution in [3.05, 3.63) is 145 Å². The third-order valence-electron chi connectivity index (χ3n) is 10.0. The summed E-state index contributed by atoms with van der Waals surface area (Å²) in [6, 6.07) is 49.8. The molecule has 0 fully saturated rings. The van der Waals surface area contributed by atoms with Crippen LogP contribution in [0.4, 0.5) is 0 Å². The van der Waals surface area contributed by atoms with Crippen molar-refractivity contribution in [1.82, 2.24) is 9.13 Å². The molecule has 0 aliphatic heterocycles. The molecule has 0 radical (unpaired) electrons. The third-order valence-corrected chi connectivity index (χ3v) is 10.0. The summed E-state index contributed by atoms with van der Waals surface area (Å²) >= 11 is 0. The van der Waals surface area contributed by atoms with Gasteiger partial charge in [-0.2, -0.15) is 0 Å². The monoisotopic (exact) mass is 562 g/mol. The number of nitrogens with zero attached hydrogens (tertiary/aromatic N) is 2. The van der Waals surface area contributed by atoms with Crippen LogP contribution in [-0.4, -0.2) is 9.13 Å². The van der Waals surface area contributed by atoms with Crippen LogP contribution in [0.3, 0.4) is 0 Å². The van der Waals surface area contributed by atoms with Gasteiger partial charge in [0.15, 0.2) is 0 Å². The molecule has 0 unspecified atom stereocenters. The molecule has 2 heterocycles. The van der Waals surface area contributed by atoms with Crippen molar-refractivity contribution >= 4 is 65.2 Å². The zero-order valence-corrected chi connectivity index (χ0v) is 24.4. The minimum Gasteiger partial charge on any atom is -0.308 e. The number of para-hydroxylation sites is 4. The van der Waals surface area contributed by atoms with Crippen LogP contribution in [0, 0.1) is 0 Å². The Bertz CT molecular complexity index is 2320. The van der Waals surface area contributed by atoms with Gasteiger partial charge in [-0.15, -0.1) is 0 Å². The SMILES string of the molecule is c1ccc2c(-n3c4ccccc4c4ccccc43)c3cc4c(cc3c(-n3c5ccccc5c5ccccc53)c2c1)CCCC4. The molecule has 0 N–H and O–H groups in total. The van der Waals surface area contributed by atoms with Crippen LogP contribution in [0.15, 0.2) is 133 Å². The van der Waals surface area contributed by atoms with E-state index in [1.54, 1.807) is 0 Å². The van der Waals surface area contributed by atoms with Crippen molar-refractivity contribution in [2.75, 3.05) is 0 Å². The Morgan fingerprint density at radius 1 is 0.318 bits per heavy atom. The van der Waals surface area contributed by atoms with Gasteiger partial charge in [0, 0.05) is 43.1 Å². The van der Waals surface area contributed by atoms with Crippen LogP contribution in [0.25, 0.3) is 76.5 Å². The molecule has 2 nitrogen and oxygen atoms in total. The van der Waals surface area contributed by atoms with Gasteiger partial charge in [0.1, 0.15) is 0 Å². The maximum Gasteiger partial charge on any atom is 0.0620 e. The lowest BCUT2D eigenvalue weighted by Crippen LogP contribution is -2.07. The van der Waals surface area contributed by atoms with E-state index in [0.29, 0.717) is 0 Å². The molecule has 2 heteroatoms. The molecule has 0 spiro atoms. The molecule has 44 heavy (non-hydrogen) atoms. The van der Waals surface area contributed by atoms with Crippen LogP contribution in [0.2, 0.25) is 0 Å². The summed E-state index contributed by atoms with van der Waals surface area (Å²) in [4.78, 5) is 0. The van der Waals surface area contributed by atoms with Crippen LogP contribution >= 0.6 is 0 Å². The standard InChI is InChI=1S/C42H30N2/c1-2-14-28-26-36-35(25-27(28)13-1)41(43-37-21-9-5-15-29(37)30-16-6-10-22-38(30)43)33-19-3-4-20-34(33)42(36)44-39-23-11-7-17-31(39)32-18-8-12-24-40(32)44/h3-12,15-26H,1-2,13-14H2. The molecule has 7 aromatic carbocycles. The first-order valence-electron chi connectivity index (χ1n) is 15.8. The normalized spacial score (nSPS) is 13.5. The van der Waals surface area contributed by atoms with Crippen molar-refractivity contribution in [3.63, 3.8) is 0 Å². The van der Waals surface area contributed by atoms with E-state index < -0.39 is 0 Å². The molecule has 1 aliphatic rings. The van der Waals surface area contributed by atoms with Crippen LogP contribution in [0.1, 0.15) is 24.0 Å². The first-order chi connectivity index (χ1) is 21.9. The molecule has 0 saturated heterocycles. The lowest BCUT2D eigenvalue weighted by Gasteiger charge is -2.24. The molecule has 9 aromatic rings. The fourth-order valence-corrected chi connectivity index (χ4v) is 8.17. The summed E-state index contributed by atoms with van der Waals surface area (Å²) in [5, 5.41) is 10.4. The number of benzene rings is 7. The molecule has 0 amide bonds. The number of hydrogen-bond donors (Lipinski definition) is 0. The van der Waals surface area contributed by atoms with Crippen LogP contribution in [-0.2, 0) is 12.8 Å². The van der Waals surface area contributed by atoms with E-state index in [4.69, 9.17) is 0 Å². The van der Waals surface area contributed by atoms with Gasteiger partial charge in [-0.05, 0) is 73.2 Å². The second kappa shape index (κ2) is 9.08. The molecule has 1 aliphatic carbocycles. The van der Waals surface area contributed by atoms with Gasteiger partial charge >= 0.3 is 0 Å². The molecule has 0 saturated carbocycles. The van der Waals surface area contributed by atoms with Gasteiger partial charge in [0.05, 0.1) is 33.4 Å². The van der Waals surface area contributed by atoms with E-state index in [1.807, 2.05) is 0 Å². The molecule has 0 atom stereocenters. The summed E-state index contributed by atoms with van der Waals surface area (Å²) in [6.45, 7) is 0. The fraction of sp³-hybridized carbons (Fsp3) is 0.0952. The number of hydrogen-bond acceptors (Lipinski definition) is 0. The Balaban J connectivity index is 1.47. The van der Waals surface area contributed by atoms with Gasteiger partial charge in [-0.1, -0.05) is 97.1 Å². The van der Waals surface area contributed by atoms with Crippen LogP contribution in [0.5, 0.6) is 0 Å². The average molecular weight is 563 g/mol. The Labute approximate surface area is 255 Å². The lowest BCUT2D eigenvalue weighted by molar-refractivity contribution is 0.687. The van der Waals surface area contributed by atoms with Gasteiger partial charge in [0.25, 0.3) is 0 Å². The topological polar surface area (TPSA) is 9.86 Å². The number of aromatic nitrogens is 2. The predicted octanol–water partition coefficient (Wildman–Crippen LogP) is 11.1. The predicted molar refractivity (Wildman–Crippen MR) is 187 cm³/mol. The Morgan fingerprint density at radius 3 is 0.955 bits per heavy atom. The second-order valence-electron chi connectivity index (χ2n) is 12.4. The molecule has 0 bridgehead atoms. The van der Waals surface area contributed by atoms with Gasteiger partial charge < -0.3 is 9.13 Å². The Hall–Kier alpha value is -5.34. The fourth-order valence-electron chi connectivity index (χ4n) is 8.17. The van der Waals surface area contributed by atoms with E-state index >= 15 is 0 Å². The molecule has 2 aromatic heterocycles. The Morgan fingerprint density at radius 2 is 0.614 bits per heavy atom. The van der Waals surface area contributed by atoms with Crippen molar-refractivity contribution in [2.24, 2.45) is 0 Å². The maximum absolute atomic E-state index is 2.55. The maximum atomic E-state index is 2.55. The molecule has 10 rings (SSSR count). The van der Waals surface area contributed by atoms with Gasteiger partial charge in [0.2, 0.25) is 0 Å². The highest BCUT2D eigenvalue weighted by molar-refractivity contribution is 6.20. The van der Waals surface area contributed by atoms with E-state index in [0.717, 1.165) is 12.8 Å². The largest absolute Gasteiger partial charge is 0.308 e. The summed E-state index contributed by atoms with van der Waals surface area (Å²) < 4.78 is 5.08. The second-order valence-corrected chi connectivity index (χ2v) is 12.4. The molecular formula is C42H30N2.